The fraction of sp³-hybridized carbons (Fsp3) is 0.444. The number of aromatic nitrogens is 2. The second-order valence-electron chi connectivity index (χ2n) is 6.53. The Labute approximate surface area is 137 Å². The highest BCUT2D eigenvalue weighted by Gasteiger charge is 2.43. The summed E-state index contributed by atoms with van der Waals surface area (Å²) in [5.41, 5.74) is 2.39. The van der Waals surface area contributed by atoms with Crippen molar-refractivity contribution < 1.29 is 4.79 Å². The van der Waals surface area contributed by atoms with Crippen LogP contribution in [-0.4, -0.2) is 41.2 Å². The average molecular weight is 312 g/mol. The minimum Gasteiger partial charge on any atom is -0.354 e. The molecule has 1 aliphatic carbocycles. The van der Waals surface area contributed by atoms with Gasteiger partial charge in [-0.3, -0.25) is 9.48 Å². The van der Waals surface area contributed by atoms with Crippen molar-refractivity contribution >= 4 is 5.91 Å². The van der Waals surface area contributed by atoms with Crippen molar-refractivity contribution in [3.05, 3.63) is 53.9 Å². The Kier molecular flexibility index (Phi) is 4.48. The van der Waals surface area contributed by atoms with Gasteiger partial charge in [-0.15, -0.1) is 0 Å². The second kappa shape index (κ2) is 6.54. The average Bonchev–Trinajstić information content (AvgIpc) is 3.24. The Hall–Kier alpha value is -2.14. The van der Waals surface area contributed by atoms with Gasteiger partial charge in [-0.05, 0) is 32.0 Å². The Morgan fingerprint density at radius 3 is 2.74 bits per heavy atom. The molecular weight excluding hydrogens is 288 g/mol. The third-order valence-electron chi connectivity index (χ3n) is 4.56. The summed E-state index contributed by atoms with van der Waals surface area (Å²) < 4.78 is 1.79. The Morgan fingerprint density at radius 1 is 1.39 bits per heavy atom. The number of aryl methyl sites for hydroxylation is 1. The van der Waals surface area contributed by atoms with Gasteiger partial charge in [0, 0.05) is 31.3 Å². The molecule has 5 heteroatoms. The first-order chi connectivity index (χ1) is 11.1. The summed E-state index contributed by atoms with van der Waals surface area (Å²) >= 11 is 0. The monoisotopic (exact) mass is 312 g/mol. The highest BCUT2D eigenvalue weighted by molar-refractivity contribution is 5.82. The molecule has 0 saturated heterocycles. The highest BCUT2D eigenvalue weighted by atomic mass is 16.2. The van der Waals surface area contributed by atoms with E-state index in [4.69, 9.17) is 0 Å². The molecule has 1 fully saturated rings. The van der Waals surface area contributed by atoms with Gasteiger partial charge in [0.2, 0.25) is 5.91 Å². The summed E-state index contributed by atoms with van der Waals surface area (Å²) in [6.45, 7) is 0.607. The van der Waals surface area contributed by atoms with Crippen LogP contribution in [0.5, 0.6) is 0 Å². The van der Waals surface area contributed by atoms with Crippen molar-refractivity contribution in [3.63, 3.8) is 0 Å². The minimum atomic E-state index is 0.120. The molecule has 2 aromatic rings. The molecular formula is C18H24N4O. The Morgan fingerprint density at radius 2 is 2.13 bits per heavy atom. The maximum Gasteiger partial charge on any atom is 0.223 e. The van der Waals surface area contributed by atoms with E-state index in [-0.39, 0.29) is 17.9 Å². The van der Waals surface area contributed by atoms with Crippen LogP contribution in [0.3, 0.4) is 0 Å². The van der Waals surface area contributed by atoms with Crippen LogP contribution in [0.2, 0.25) is 0 Å². The summed E-state index contributed by atoms with van der Waals surface area (Å²) in [6, 6.07) is 10.4. The number of hydrogen-bond acceptors (Lipinski definition) is 3. The normalized spacial score (nSPS) is 21.2. The lowest BCUT2D eigenvalue weighted by Crippen LogP contribution is -2.35. The van der Waals surface area contributed by atoms with Gasteiger partial charge >= 0.3 is 0 Å². The van der Waals surface area contributed by atoms with E-state index in [9.17, 15) is 4.79 Å². The van der Waals surface area contributed by atoms with E-state index >= 15 is 0 Å². The zero-order valence-corrected chi connectivity index (χ0v) is 13.9. The third-order valence-corrected chi connectivity index (χ3v) is 4.56. The summed E-state index contributed by atoms with van der Waals surface area (Å²) in [6.07, 6.45) is 4.82. The van der Waals surface area contributed by atoms with Gasteiger partial charge in [0.05, 0.1) is 12.2 Å². The maximum atomic E-state index is 12.4. The zero-order valence-electron chi connectivity index (χ0n) is 13.9. The van der Waals surface area contributed by atoms with Crippen LogP contribution in [0.4, 0.5) is 0 Å². The van der Waals surface area contributed by atoms with Crippen LogP contribution in [0.25, 0.3) is 0 Å². The molecule has 0 aliphatic heterocycles. The van der Waals surface area contributed by atoms with Crippen molar-refractivity contribution in [1.82, 2.24) is 20.0 Å². The molecule has 23 heavy (non-hydrogen) atoms. The molecule has 1 saturated carbocycles. The largest absolute Gasteiger partial charge is 0.354 e. The van der Waals surface area contributed by atoms with E-state index < -0.39 is 0 Å². The van der Waals surface area contributed by atoms with Gasteiger partial charge in [0.25, 0.3) is 0 Å². The van der Waals surface area contributed by atoms with Gasteiger partial charge in [-0.2, -0.15) is 5.10 Å². The molecule has 5 nitrogen and oxygen atoms in total. The van der Waals surface area contributed by atoms with Crippen molar-refractivity contribution in [2.24, 2.45) is 13.0 Å². The fourth-order valence-electron chi connectivity index (χ4n) is 3.09. The molecule has 1 aromatic heterocycles. The number of rotatable bonds is 6. The Balaban J connectivity index is 1.56. The lowest BCUT2D eigenvalue weighted by Gasteiger charge is -2.23. The van der Waals surface area contributed by atoms with E-state index in [1.807, 2.05) is 51.7 Å². The SMILES string of the molecule is CN(C)C(CNC(=O)C1CC1c1ccccc1)c1cnn(C)c1. The van der Waals surface area contributed by atoms with Crippen LogP contribution >= 0.6 is 0 Å². The number of carbonyl (C=O) groups is 1. The molecule has 1 aliphatic rings. The van der Waals surface area contributed by atoms with E-state index in [2.05, 4.69) is 27.4 Å². The number of benzene rings is 1. The van der Waals surface area contributed by atoms with Crippen LogP contribution in [0.15, 0.2) is 42.7 Å². The standard InChI is InChI=1S/C18H24N4O/c1-21(2)17(14-10-20-22(3)12-14)11-19-18(23)16-9-15(16)13-7-5-4-6-8-13/h4-8,10,12,15-17H,9,11H2,1-3H3,(H,19,23). The molecule has 122 valence electrons. The molecule has 0 radical (unpaired) electrons. The lowest BCUT2D eigenvalue weighted by atomic mass is 10.1. The third kappa shape index (κ3) is 3.62. The van der Waals surface area contributed by atoms with Crippen molar-refractivity contribution in [2.45, 2.75) is 18.4 Å². The topological polar surface area (TPSA) is 50.2 Å². The number of nitrogens with zero attached hydrogens (tertiary/aromatic N) is 3. The van der Waals surface area contributed by atoms with E-state index in [1.165, 1.54) is 5.56 Å². The summed E-state index contributed by atoms with van der Waals surface area (Å²) in [5.74, 6) is 0.663. The van der Waals surface area contributed by atoms with E-state index in [1.54, 1.807) is 4.68 Å². The van der Waals surface area contributed by atoms with Crippen molar-refractivity contribution in [3.8, 4) is 0 Å². The van der Waals surface area contributed by atoms with Crippen molar-refractivity contribution in [2.75, 3.05) is 20.6 Å². The maximum absolute atomic E-state index is 12.4. The van der Waals surface area contributed by atoms with Crippen LogP contribution in [0, 0.1) is 5.92 Å². The summed E-state index contributed by atoms with van der Waals surface area (Å²) in [7, 11) is 5.95. The number of likely N-dealkylation sites (N-methyl/N-ethyl adjacent to an activating group) is 1. The first-order valence-electron chi connectivity index (χ1n) is 8.04. The second-order valence-corrected chi connectivity index (χ2v) is 6.53. The van der Waals surface area contributed by atoms with E-state index in [0.29, 0.717) is 12.5 Å². The van der Waals surface area contributed by atoms with Gasteiger partial charge in [-0.1, -0.05) is 30.3 Å². The minimum absolute atomic E-state index is 0.120. The van der Waals surface area contributed by atoms with Gasteiger partial charge in [0.15, 0.2) is 0 Å². The molecule has 1 heterocycles. The first-order valence-corrected chi connectivity index (χ1v) is 8.04. The number of carbonyl (C=O) groups excluding carboxylic acids is 1. The smallest absolute Gasteiger partial charge is 0.223 e. The zero-order chi connectivity index (χ0) is 16.4. The van der Waals surface area contributed by atoms with Gasteiger partial charge in [-0.25, -0.2) is 0 Å². The summed E-state index contributed by atoms with van der Waals surface area (Å²) in [4.78, 5) is 14.5. The van der Waals surface area contributed by atoms with Crippen LogP contribution in [-0.2, 0) is 11.8 Å². The van der Waals surface area contributed by atoms with E-state index in [0.717, 1.165) is 12.0 Å². The highest BCUT2D eigenvalue weighted by Crippen LogP contribution is 2.47. The van der Waals surface area contributed by atoms with Gasteiger partial charge < -0.3 is 10.2 Å². The van der Waals surface area contributed by atoms with Gasteiger partial charge in [0.1, 0.15) is 0 Å². The summed E-state index contributed by atoms with van der Waals surface area (Å²) in [5, 5.41) is 7.34. The van der Waals surface area contributed by atoms with Crippen LogP contribution < -0.4 is 5.32 Å². The molecule has 1 N–H and O–H groups in total. The molecule has 3 unspecified atom stereocenters. The number of hydrogen-bond donors (Lipinski definition) is 1. The number of nitrogens with one attached hydrogen (secondary N) is 1. The molecule has 3 atom stereocenters. The van der Waals surface area contributed by atoms with Crippen molar-refractivity contribution in [1.29, 1.82) is 0 Å². The van der Waals surface area contributed by atoms with Crippen LogP contribution in [0.1, 0.15) is 29.5 Å². The fourth-order valence-corrected chi connectivity index (χ4v) is 3.09. The molecule has 1 amide bonds. The molecule has 1 aromatic carbocycles. The lowest BCUT2D eigenvalue weighted by molar-refractivity contribution is -0.122. The predicted molar refractivity (Wildman–Crippen MR) is 89.9 cm³/mol. The number of amides is 1. The Bertz CT molecular complexity index is 665. The molecule has 0 spiro atoms. The quantitative estimate of drug-likeness (QED) is 0.887. The predicted octanol–water partition coefficient (Wildman–Crippen LogP) is 1.94. The molecule has 0 bridgehead atoms. The molecule has 3 rings (SSSR count). The first kappa shape index (κ1) is 15.7.